The molecule has 3 nitrogen and oxygen atoms in total. The van der Waals surface area contributed by atoms with Crippen LogP contribution in [0.2, 0.25) is 0 Å². The Kier molecular flexibility index (Phi) is 1.06. The minimum absolute atomic E-state index is 0.0162. The van der Waals surface area contributed by atoms with Crippen LogP contribution in [-0.2, 0) is 4.79 Å². The number of hydrogen-bond acceptors (Lipinski definition) is 2. The SMILES string of the molecule is NC1CNC(=O)C2(CC2)C1. The first-order valence-electron chi connectivity index (χ1n) is 3.77. The number of carbonyl (C=O) groups is 1. The van der Waals surface area contributed by atoms with Crippen LogP contribution in [-0.4, -0.2) is 18.5 Å². The molecule has 1 saturated carbocycles. The van der Waals surface area contributed by atoms with Crippen LogP contribution >= 0.6 is 0 Å². The average molecular weight is 140 g/mol. The van der Waals surface area contributed by atoms with Crippen molar-refractivity contribution in [2.75, 3.05) is 6.54 Å². The van der Waals surface area contributed by atoms with Crippen molar-refractivity contribution >= 4 is 5.91 Å². The second kappa shape index (κ2) is 1.72. The van der Waals surface area contributed by atoms with Crippen molar-refractivity contribution in [1.82, 2.24) is 5.32 Å². The van der Waals surface area contributed by atoms with Gasteiger partial charge in [0.1, 0.15) is 0 Å². The third-order valence-electron chi connectivity index (χ3n) is 2.51. The average Bonchev–Trinajstić information content (AvgIpc) is 2.62. The van der Waals surface area contributed by atoms with E-state index in [4.69, 9.17) is 5.73 Å². The molecule has 1 spiro atoms. The molecular weight excluding hydrogens is 128 g/mol. The molecule has 0 aromatic heterocycles. The van der Waals surface area contributed by atoms with Crippen LogP contribution in [0.25, 0.3) is 0 Å². The molecular formula is C7H12N2O. The molecule has 1 amide bonds. The Bertz CT molecular complexity index is 174. The molecule has 10 heavy (non-hydrogen) atoms. The normalized spacial score (nSPS) is 35.7. The summed E-state index contributed by atoms with van der Waals surface area (Å²) >= 11 is 0. The zero-order valence-corrected chi connectivity index (χ0v) is 5.89. The van der Waals surface area contributed by atoms with E-state index in [1.54, 1.807) is 0 Å². The molecule has 2 fully saturated rings. The molecule has 1 unspecified atom stereocenters. The van der Waals surface area contributed by atoms with E-state index in [-0.39, 0.29) is 17.4 Å². The fourth-order valence-corrected chi connectivity index (χ4v) is 1.66. The van der Waals surface area contributed by atoms with Crippen LogP contribution in [0.5, 0.6) is 0 Å². The summed E-state index contributed by atoms with van der Waals surface area (Å²) < 4.78 is 0. The molecule has 2 aliphatic rings. The summed E-state index contributed by atoms with van der Waals surface area (Å²) in [7, 11) is 0. The molecule has 1 aliphatic heterocycles. The number of piperidine rings is 1. The van der Waals surface area contributed by atoms with E-state index < -0.39 is 0 Å². The zero-order chi connectivity index (χ0) is 7.19. The van der Waals surface area contributed by atoms with Gasteiger partial charge in [0.15, 0.2) is 0 Å². The summed E-state index contributed by atoms with van der Waals surface area (Å²) in [6.07, 6.45) is 3.00. The highest BCUT2D eigenvalue weighted by Gasteiger charge is 2.52. The fraction of sp³-hybridized carbons (Fsp3) is 0.857. The number of hydrogen-bond donors (Lipinski definition) is 2. The zero-order valence-electron chi connectivity index (χ0n) is 5.89. The topological polar surface area (TPSA) is 55.1 Å². The molecule has 1 aliphatic carbocycles. The highest BCUT2D eigenvalue weighted by molar-refractivity contribution is 5.86. The van der Waals surface area contributed by atoms with Crippen molar-refractivity contribution in [3.05, 3.63) is 0 Å². The van der Waals surface area contributed by atoms with E-state index >= 15 is 0 Å². The van der Waals surface area contributed by atoms with E-state index in [0.717, 1.165) is 19.3 Å². The Labute approximate surface area is 60.0 Å². The highest BCUT2D eigenvalue weighted by atomic mass is 16.2. The lowest BCUT2D eigenvalue weighted by atomic mass is 9.93. The predicted molar refractivity (Wildman–Crippen MR) is 37.3 cm³/mol. The largest absolute Gasteiger partial charge is 0.354 e. The van der Waals surface area contributed by atoms with Crippen molar-refractivity contribution in [2.45, 2.75) is 25.3 Å². The summed E-state index contributed by atoms with van der Waals surface area (Å²) in [6.45, 7) is 0.667. The molecule has 2 rings (SSSR count). The fourth-order valence-electron chi connectivity index (χ4n) is 1.66. The van der Waals surface area contributed by atoms with Gasteiger partial charge in [-0.2, -0.15) is 0 Å². The van der Waals surface area contributed by atoms with Crippen LogP contribution in [0, 0.1) is 5.41 Å². The Hall–Kier alpha value is -0.570. The van der Waals surface area contributed by atoms with Crippen molar-refractivity contribution < 1.29 is 4.79 Å². The lowest BCUT2D eigenvalue weighted by Crippen LogP contribution is -2.48. The Morgan fingerprint density at radius 1 is 1.60 bits per heavy atom. The van der Waals surface area contributed by atoms with Crippen molar-refractivity contribution in [3.8, 4) is 0 Å². The summed E-state index contributed by atoms with van der Waals surface area (Å²) in [5, 5.41) is 2.82. The van der Waals surface area contributed by atoms with Gasteiger partial charge in [-0.25, -0.2) is 0 Å². The number of nitrogens with one attached hydrogen (secondary N) is 1. The number of carbonyl (C=O) groups excluding carboxylic acids is 1. The summed E-state index contributed by atoms with van der Waals surface area (Å²) in [5.41, 5.74) is 5.68. The van der Waals surface area contributed by atoms with Gasteiger partial charge >= 0.3 is 0 Å². The van der Waals surface area contributed by atoms with Gasteiger partial charge in [0, 0.05) is 12.6 Å². The van der Waals surface area contributed by atoms with Crippen LogP contribution in [0.4, 0.5) is 0 Å². The Morgan fingerprint density at radius 2 is 2.30 bits per heavy atom. The standard InChI is InChI=1S/C7H12N2O/c8-5-3-7(1-2-7)6(10)9-4-5/h5H,1-4,8H2,(H,9,10). The van der Waals surface area contributed by atoms with Gasteiger partial charge in [-0.1, -0.05) is 0 Å². The molecule has 3 N–H and O–H groups in total. The highest BCUT2D eigenvalue weighted by Crippen LogP contribution is 2.50. The number of rotatable bonds is 0. The summed E-state index contributed by atoms with van der Waals surface area (Å²) in [4.78, 5) is 11.2. The molecule has 3 heteroatoms. The molecule has 1 heterocycles. The van der Waals surface area contributed by atoms with Gasteiger partial charge in [0.05, 0.1) is 5.41 Å². The van der Waals surface area contributed by atoms with E-state index in [0.29, 0.717) is 6.54 Å². The van der Waals surface area contributed by atoms with Gasteiger partial charge in [-0.05, 0) is 19.3 Å². The smallest absolute Gasteiger partial charge is 0.226 e. The quantitative estimate of drug-likeness (QED) is 0.481. The third-order valence-corrected chi connectivity index (χ3v) is 2.51. The van der Waals surface area contributed by atoms with Gasteiger partial charge in [-0.15, -0.1) is 0 Å². The van der Waals surface area contributed by atoms with Gasteiger partial charge < -0.3 is 11.1 Å². The van der Waals surface area contributed by atoms with Gasteiger partial charge in [-0.3, -0.25) is 4.79 Å². The first-order valence-corrected chi connectivity index (χ1v) is 3.77. The molecule has 0 radical (unpaired) electrons. The van der Waals surface area contributed by atoms with Crippen LogP contribution in [0.15, 0.2) is 0 Å². The molecule has 1 saturated heterocycles. The van der Waals surface area contributed by atoms with Gasteiger partial charge in [0.2, 0.25) is 5.91 Å². The van der Waals surface area contributed by atoms with Crippen molar-refractivity contribution in [3.63, 3.8) is 0 Å². The van der Waals surface area contributed by atoms with E-state index in [9.17, 15) is 4.79 Å². The minimum Gasteiger partial charge on any atom is -0.354 e. The lowest BCUT2D eigenvalue weighted by Gasteiger charge is -2.26. The third kappa shape index (κ3) is 0.736. The molecule has 0 bridgehead atoms. The second-order valence-electron chi connectivity index (χ2n) is 3.45. The van der Waals surface area contributed by atoms with Crippen LogP contribution in [0.3, 0.4) is 0 Å². The first-order chi connectivity index (χ1) is 4.73. The molecule has 0 aromatic rings. The van der Waals surface area contributed by atoms with E-state index in [1.807, 2.05) is 0 Å². The first kappa shape index (κ1) is 6.16. The monoisotopic (exact) mass is 140 g/mol. The predicted octanol–water partition coefficient (Wildman–Crippen LogP) is -0.386. The maximum Gasteiger partial charge on any atom is 0.226 e. The Balaban J connectivity index is 2.10. The van der Waals surface area contributed by atoms with E-state index in [2.05, 4.69) is 5.32 Å². The summed E-state index contributed by atoms with van der Waals surface area (Å²) in [6, 6.07) is 0.195. The molecule has 0 aromatic carbocycles. The second-order valence-corrected chi connectivity index (χ2v) is 3.45. The maximum atomic E-state index is 11.2. The molecule has 1 atom stereocenters. The van der Waals surface area contributed by atoms with Crippen LogP contribution < -0.4 is 11.1 Å². The maximum absolute atomic E-state index is 11.2. The summed E-state index contributed by atoms with van der Waals surface area (Å²) in [5.74, 6) is 0.231. The van der Waals surface area contributed by atoms with Crippen LogP contribution in [0.1, 0.15) is 19.3 Å². The Morgan fingerprint density at radius 3 is 2.80 bits per heavy atom. The molecule has 56 valence electrons. The van der Waals surface area contributed by atoms with Crippen molar-refractivity contribution in [1.29, 1.82) is 0 Å². The van der Waals surface area contributed by atoms with E-state index in [1.165, 1.54) is 0 Å². The lowest BCUT2D eigenvalue weighted by molar-refractivity contribution is -0.128. The van der Waals surface area contributed by atoms with Gasteiger partial charge in [0.25, 0.3) is 0 Å². The minimum atomic E-state index is -0.0162. The number of nitrogens with two attached hydrogens (primary N) is 1. The van der Waals surface area contributed by atoms with Crippen molar-refractivity contribution in [2.24, 2.45) is 11.1 Å². The number of amides is 1.